The van der Waals surface area contributed by atoms with Crippen LogP contribution in [0.5, 0.6) is 0 Å². The van der Waals surface area contributed by atoms with Gasteiger partial charge in [0, 0.05) is 12.5 Å². The highest BCUT2D eigenvalue weighted by Gasteiger charge is 2.08. The maximum absolute atomic E-state index is 11.5. The van der Waals surface area contributed by atoms with E-state index in [2.05, 4.69) is 17.5 Å². The molecule has 0 atom stereocenters. The Kier molecular flexibility index (Phi) is 8.27. The largest absolute Gasteiger partial charge is 0.324 e. The number of carbonyl (C=O) groups is 1. The minimum Gasteiger partial charge on any atom is -0.273 e. The van der Waals surface area contributed by atoms with Gasteiger partial charge in [0.15, 0.2) is 0 Å². The molecule has 0 fully saturated rings. The number of hydrogen-bond acceptors (Lipinski definition) is 5. The van der Waals surface area contributed by atoms with Crippen LogP contribution in [0.2, 0.25) is 0 Å². The van der Waals surface area contributed by atoms with Gasteiger partial charge in [-0.3, -0.25) is 14.9 Å². The van der Waals surface area contributed by atoms with Crippen LogP contribution in [0.3, 0.4) is 0 Å². The molecule has 0 aliphatic carbocycles. The van der Waals surface area contributed by atoms with Crippen LogP contribution in [0.4, 0.5) is 5.00 Å². The molecule has 116 valence electrons. The number of nitrogens with one attached hydrogen (secondary N) is 1. The molecule has 1 aromatic rings. The van der Waals surface area contributed by atoms with Crippen molar-refractivity contribution in [2.45, 2.75) is 51.9 Å². The van der Waals surface area contributed by atoms with E-state index >= 15 is 0 Å². The van der Waals surface area contributed by atoms with Gasteiger partial charge in [-0.25, -0.2) is 5.43 Å². The Morgan fingerprint density at radius 3 is 2.71 bits per heavy atom. The summed E-state index contributed by atoms with van der Waals surface area (Å²) < 4.78 is 0. The molecule has 1 amide bonds. The molecule has 1 heterocycles. The minimum absolute atomic E-state index is 0.0647. The summed E-state index contributed by atoms with van der Waals surface area (Å²) in [5.41, 5.74) is 2.44. The van der Waals surface area contributed by atoms with Crippen LogP contribution in [0, 0.1) is 10.1 Å². The van der Waals surface area contributed by atoms with Crippen molar-refractivity contribution in [3.63, 3.8) is 0 Å². The van der Waals surface area contributed by atoms with Gasteiger partial charge in [-0.05, 0) is 12.5 Å². The normalized spacial score (nSPS) is 10.9. The topological polar surface area (TPSA) is 84.6 Å². The number of carbonyl (C=O) groups excluding carboxylic acids is 1. The number of hydrogen-bond donors (Lipinski definition) is 1. The summed E-state index contributed by atoms with van der Waals surface area (Å²) in [6, 6.07) is 3.02. The molecule has 0 aromatic carbocycles. The number of amides is 1. The van der Waals surface area contributed by atoms with Crippen molar-refractivity contribution in [2.75, 3.05) is 0 Å². The van der Waals surface area contributed by atoms with E-state index in [1.54, 1.807) is 6.07 Å². The third-order valence-electron chi connectivity index (χ3n) is 2.93. The molecule has 0 radical (unpaired) electrons. The van der Waals surface area contributed by atoms with Gasteiger partial charge in [0.1, 0.15) is 0 Å². The fourth-order valence-electron chi connectivity index (χ4n) is 1.80. The van der Waals surface area contributed by atoms with Gasteiger partial charge in [0.05, 0.1) is 16.0 Å². The van der Waals surface area contributed by atoms with E-state index in [-0.39, 0.29) is 10.9 Å². The summed E-state index contributed by atoms with van der Waals surface area (Å²) in [7, 11) is 0. The first-order chi connectivity index (χ1) is 10.1. The maximum atomic E-state index is 11.5. The summed E-state index contributed by atoms with van der Waals surface area (Å²) in [6.07, 6.45) is 8.70. The Labute approximate surface area is 128 Å². The second-order valence-corrected chi connectivity index (χ2v) is 5.84. The van der Waals surface area contributed by atoms with E-state index < -0.39 is 4.92 Å². The highest BCUT2D eigenvalue weighted by molar-refractivity contribution is 7.16. The zero-order valence-corrected chi connectivity index (χ0v) is 13.0. The molecule has 21 heavy (non-hydrogen) atoms. The van der Waals surface area contributed by atoms with Gasteiger partial charge < -0.3 is 0 Å². The molecular formula is C14H21N3O3S. The van der Waals surface area contributed by atoms with Crippen LogP contribution in [-0.4, -0.2) is 17.0 Å². The quantitative estimate of drug-likeness (QED) is 0.308. The second kappa shape index (κ2) is 10.0. The van der Waals surface area contributed by atoms with Crippen molar-refractivity contribution in [2.24, 2.45) is 5.10 Å². The SMILES string of the molecule is CCCCCCCCC(=O)N/N=C\c1ccc([N+](=O)[O-])s1. The van der Waals surface area contributed by atoms with Gasteiger partial charge in [0.25, 0.3) is 0 Å². The molecule has 0 aliphatic heterocycles. The highest BCUT2D eigenvalue weighted by Crippen LogP contribution is 2.22. The fourth-order valence-corrected chi connectivity index (χ4v) is 2.49. The number of rotatable bonds is 10. The maximum Gasteiger partial charge on any atom is 0.324 e. The first-order valence-electron chi connectivity index (χ1n) is 7.19. The Balaban J connectivity index is 2.17. The van der Waals surface area contributed by atoms with Gasteiger partial charge >= 0.3 is 5.00 Å². The fraction of sp³-hybridized carbons (Fsp3) is 0.571. The van der Waals surface area contributed by atoms with Crippen molar-refractivity contribution in [3.8, 4) is 0 Å². The zero-order chi connectivity index (χ0) is 15.5. The molecule has 1 N–H and O–H groups in total. The molecular weight excluding hydrogens is 290 g/mol. The van der Waals surface area contributed by atoms with Gasteiger partial charge in [-0.1, -0.05) is 50.4 Å². The predicted molar refractivity (Wildman–Crippen MR) is 84.7 cm³/mol. The lowest BCUT2D eigenvalue weighted by molar-refractivity contribution is -0.380. The first kappa shape index (κ1) is 17.3. The third kappa shape index (κ3) is 7.55. The molecule has 1 rings (SSSR count). The molecule has 1 aromatic heterocycles. The number of hydrazone groups is 1. The highest BCUT2D eigenvalue weighted by atomic mass is 32.1. The van der Waals surface area contributed by atoms with Crippen molar-refractivity contribution in [3.05, 3.63) is 27.1 Å². The van der Waals surface area contributed by atoms with Crippen LogP contribution in [0.1, 0.15) is 56.7 Å². The van der Waals surface area contributed by atoms with Gasteiger partial charge in [0.2, 0.25) is 5.91 Å². The van der Waals surface area contributed by atoms with Gasteiger partial charge in [-0.15, -0.1) is 0 Å². The predicted octanol–water partition coefficient (Wildman–Crippen LogP) is 3.86. The van der Waals surface area contributed by atoms with Crippen molar-refractivity contribution in [1.29, 1.82) is 0 Å². The minimum atomic E-state index is -0.445. The Morgan fingerprint density at radius 2 is 2.05 bits per heavy atom. The molecule has 7 heteroatoms. The number of unbranched alkanes of at least 4 members (excludes halogenated alkanes) is 5. The van der Waals surface area contributed by atoms with E-state index in [4.69, 9.17) is 0 Å². The number of nitro groups is 1. The lowest BCUT2D eigenvalue weighted by Gasteiger charge is -2.00. The molecule has 0 saturated heterocycles. The first-order valence-corrected chi connectivity index (χ1v) is 8.01. The van der Waals surface area contributed by atoms with Crippen LogP contribution >= 0.6 is 11.3 Å². The summed E-state index contributed by atoms with van der Waals surface area (Å²) in [5.74, 6) is -0.118. The van der Waals surface area contributed by atoms with Crippen molar-refractivity contribution in [1.82, 2.24) is 5.43 Å². The summed E-state index contributed by atoms with van der Waals surface area (Å²) in [4.78, 5) is 22.2. The summed E-state index contributed by atoms with van der Waals surface area (Å²) >= 11 is 1.02. The number of nitrogens with zero attached hydrogens (tertiary/aromatic N) is 2. The Bertz CT molecular complexity index is 486. The summed E-state index contributed by atoms with van der Waals surface area (Å²) in [6.45, 7) is 2.17. The van der Waals surface area contributed by atoms with Crippen LogP contribution < -0.4 is 5.43 Å². The number of thiophene rings is 1. The van der Waals surface area contributed by atoms with Crippen LogP contribution in [0.25, 0.3) is 0 Å². The van der Waals surface area contributed by atoms with Crippen LogP contribution in [0.15, 0.2) is 17.2 Å². The van der Waals surface area contributed by atoms with Crippen molar-refractivity contribution < 1.29 is 9.72 Å². The second-order valence-electron chi connectivity index (χ2n) is 4.74. The Morgan fingerprint density at radius 1 is 1.33 bits per heavy atom. The monoisotopic (exact) mass is 311 g/mol. The van der Waals surface area contributed by atoms with E-state index in [9.17, 15) is 14.9 Å². The van der Waals surface area contributed by atoms with E-state index in [1.165, 1.54) is 38.0 Å². The van der Waals surface area contributed by atoms with E-state index in [1.807, 2.05) is 0 Å². The molecule has 0 saturated carbocycles. The zero-order valence-electron chi connectivity index (χ0n) is 12.2. The third-order valence-corrected chi connectivity index (χ3v) is 3.90. The van der Waals surface area contributed by atoms with Gasteiger partial charge in [-0.2, -0.15) is 5.10 Å². The lowest BCUT2D eigenvalue weighted by atomic mass is 10.1. The molecule has 0 aliphatic rings. The molecule has 6 nitrogen and oxygen atoms in total. The average Bonchev–Trinajstić information content (AvgIpc) is 2.92. The smallest absolute Gasteiger partial charge is 0.273 e. The average molecular weight is 311 g/mol. The van der Waals surface area contributed by atoms with Crippen molar-refractivity contribution >= 4 is 28.5 Å². The van der Waals surface area contributed by atoms with E-state index in [0.29, 0.717) is 11.3 Å². The van der Waals surface area contributed by atoms with E-state index in [0.717, 1.165) is 24.2 Å². The summed E-state index contributed by atoms with van der Waals surface area (Å²) in [5, 5.41) is 14.4. The molecule has 0 unspecified atom stereocenters. The standard InChI is InChI=1S/C14H21N3O3S/c1-2-3-4-5-6-7-8-13(18)16-15-11-12-9-10-14(21-12)17(19)20/h9-11H,2-8H2,1H3,(H,16,18)/b15-11-. The molecule has 0 bridgehead atoms. The van der Waals surface area contributed by atoms with Crippen LogP contribution in [-0.2, 0) is 4.79 Å². The molecule has 0 spiro atoms. The Hall–Kier alpha value is -1.76. The lowest BCUT2D eigenvalue weighted by Crippen LogP contribution is -2.16.